The first-order valence-corrected chi connectivity index (χ1v) is 9.21. The number of carboxylic acids is 1. The highest BCUT2D eigenvalue weighted by atomic mass is 16.4. The van der Waals surface area contributed by atoms with Crippen molar-refractivity contribution in [1.82, 2.24) is 14.9 Å². The molecule has 0 unspecified atom stereocenters. The zero-order chi connectivity index (χ0) is 20.8. The molecular weight excluding hydrogens is 374 g/mol. The Labute approximate surface area is 165 Å². The number of aliphatic carboxylic acids is 1. The lowest BCUT2D eigenvalue weighted by Crippen LogP contribution is -2.49. The van der Waals surface area contributed by atoms with Crippen LogP contribution in [0.25, 0.3) is 10.9 Å². The van der Waals surface area contributed by atoms with E-state index in [-0.39, 0.29) is 25.8 Å². The van der Waals surface area contributed by atoms with E-state index in [0.717, 1.165) is 10.1 Å². The van der Waals surface area contributed by atoms with Crippen LogP contribution in [0, 0.1) is 0 Å². The minimum Gasteiger partial charge on any atom is -0.548 e. The van der Waals surface area contributed by atoms with Gasteiger partial charge in [-0.3, -0.25) is 14.2 Å². The van der Waals surface area contributed by atoms with Gasteiger partial charge in [-0.15, -0.1) is 0 Å². The Morgan fingerprint density at radius 3 is 2.45 bits per heavy atom. The third-order valence-electron chi connectivity index (χ3n) is 4.58. The molecule has 8 heteroatoms. The fourth-order valence-corrected chi connectivity index (χ4v) is 3.11. The maximum Gasteiger partial charge on any atom is 0.328 e. The molecule has 150 valence electrons. The van der Waals surface area contributed by atoms with Crippen LogP contribution in [0.5, 0.6) is 0 Å². The Balaban J connectivity index is 1.61. The molecule has 0 bridgehead atoms. The molecule has 29 heavy (non-hydrogen) atoms. The summed E-state index contributed by atoms with van der Waals surface area (Å²) in [5.41, 5.74) is 0.234. The molecule has 0 saturated carbocycles. The average molecular weight is 394 g/mol. The highest BCUT2D eigenvalue weighted by Gasteiger charge is 2.15. The van der Waals surface area contributed by atoms with Crippen molar-refractivity contribution in [3.63, 3.8) is 0 Å². The van der Waals surface area contributed by atoms with Gasteiger partial charge in [0.1, 0.15) is 0 Å². The number of amides is 1. The number of carbonyl (C=O) groups is 2. The lowest BCUT2D eigenvalue weighted by atomic mass is 10.1. The van der Waals surface area contributed by atoms with E-state index in [2.05, 4.69) is 10.3 Å². The summed E-state index contributed by atoms with van der Waals surface area (Å²) in [5, 5.41) is 14.2. The predicted octanol–water partition coefficient (Wildman–Crippen LogP) is -0.0526. The molecule has 1 heterocycles. The predicted molar refractivity (Wildman–Crippen MR) is 105 cm³/mol. The first-order valence-electron chi connectivity index (χ1n) is 9.21. The number of aromatic amines is 1. The zero-order valence-electron chi connectivity index (χ0n) is 15.6. The lowest BCUT2D eigenvalue weighted by Gasteiger charge is -2.20. The molecule has 2 N–H and O–H groups in total. The van der Waals surface area contributed by atoms with E-state index < -0.39 is 29.2 Å². The van der Waals surface area contributed by atoms with E-state index in [0.29, 0.717) is 10.9 Å². The van der Waals surface area contributed by atoms with E-state index in [9.17, 15) is 24.3 Å². The Hall–Kier alpha value is -3.68. The average Bonchev–Trinajstić information content (AvgIpc) is 2.70. The van der Waals surface area contributed by atoms with Gasteiger partial charge >= 0.3 is 5.69 Å². The van der Waals surface area contributed by atoms with Crippen LogP contribution in [0.2, 0.25) is 0 Å². The molecule has 0 spiro atoms. The summed E-state index contributed by atoms with van der Waals surface area (Å²) in [6, 6.07) is 14.4. The van der Waals surface area contributed by atoms with Crippen molar-refractivity contribution in [1.29, 1.82) is 0 Å². The fraction of sp³-hybridized carbons (Fsp3) is 0.238. The van der Waals surface area contributed by atoms with Crippen molar-refractivity contribution >= 4 is 22.8 Å². The third-order valence-corrected chi connectivity index (χ3v) is 4.58. The van der Waals surface area contributed by atoms with Crippen LogP contribution in [-0.2, 0) is 22.6 Å². The molecule has 2 aromatic carbocycles. The van der Waals surface area contributed by atoms with Gasteiger partial charge in [-0.05, 0) is 30.5 Å². The quantitative estimate of drug-likeness (QED) is 0.554. The van der Waals surface area contributed by atoms with Crippen LogP contribution in [0.1, 0.15) is 18.4 Å². The van der Waals surface area contributed by atoms with Gasteiger partial charge in [0.05, 0.1) is 22.9 Å². The zero-order valence-corrected chi connectivity index (χ0v) is 15.6. The standard InChI is InChI=1S/C21H21N3O5/c25-18(22-17(20(27)28)13-14-7-2-1-3-8-14)11-6-12-24-19(26)15-9-4-5-10-16(15)23-21(24)29/h1-5,7-10,17H,6,11-13H2,(H,22,25)(H,23,29)(H,27,28)/p-1/t17-/m0/s1. The highest BCUT2D eigenvalue weighted by Crippen LogP contribution is 2.05. The number of carboxylic acid groups (broad SMARTS) is 1. The number of fused-ring (bicyclic) bond motifs is 1. The largest absolute Gasteiger partial charge is 0.548 e. The second-order valence-electron chi connectivity index (χ2n) is 6.66. The maximum absolute atomic E-state index is 12.5. The normalized spacial score (nSPS) is 11.9. The van der Waals surface area contributed by atoms with Gasteiger partial charge in [-0.25, -0.2) is 4.79 Å². The number of hydrogen-bond donors (Lipinski definition) is 2. The minimum atomic E-state index is -1.37. The SMILES string of the molecule is O=C(CCCn1c(=O)[nH]c2ccccc2c1=O)N[C@@H](Cc1ccccc1)C(=O)[O-]. The lowest BCUT2D eigenvalue weighted by molar-refractivity contribution is -0.308. The Morgan fingerprint density at radius 2 is 1.72 bits per heavy atom. The summed E-state index contributed by atoms with van der Waals surface area (Å²) < 4.78 is 1.04. The van der Waals surface area contributed by atoms with E-state index in [1.165, 1.54) is 0 Å². The van der Waals surface area contributed by atoms with Gasteiger partial charge in [-0.2, -0.15) is 0 Å². The van der Waals surface area contributed by atoms with Crippen LogP contribution in [0.15, 0.2) is 64.2 Å². The van der Waals surface area contributed by atoms with Crippen molar-refractivity contribution in [2.45, 2.75) is 31.8 Å². The molecule has 1 atom stereocenters. The number of nitrogens with one attached hydrogen (secondary N) is 2. The topological polar surface area (TPSA) is 124 Å². The number of hydrogen-bond acceptors (Lipinski definition) is 5. The van der Waals surface area contributed by atoms with Crippen molar-refractivity contribution in [3.05, 3.63) is 81.0 Å². The van der Waals surface area contributed by atoms with Crippen LogP contribution >= 0.6 is 0 Å². The first-order chi connectivity index (χ1) is 14.0. The minimum absolute atomic E-state index is 0.0305. The monoisotopic (exact) mass is 394 g/mol. The van der Waals surface area contributed by atoms with E-state index in [1.54, 1.807) is 48.5 Å². The molecule has 3 aromatic rings. The summed E-state index contributed by atoms with van der Waals surface area (Å²) in [7, 11) is 0. The molecule has 0 aliphatic heterocycles. The van der Waals surface area contributed by atoms with Crippen LogP contribution in [-0.4, -0.2) is 27.5 Å². The fourth-order valence-electron chi connectivity index (χ4n) is 3.11. The molecule has 0 radical (unpaired) electrons. The van der Waals surface area contributed by atoms with Gasteiger partial charge in [-0.1, -0.05) is 42.5 Å². The summed E-state index contributed by atoms with van der Waals surface area (Å²) in [6.07, 6.45) is 0.286. The van der Waals surface area contributed by atoms with Gasteiger partial charge in [0, 0.05) is 13.0 Å². The Morgan fingerprint density at radius 1 is 1.03 bits per heavy atom. The van der Waals surface area contributed by atoms with Crippen molar-refractivity contribution in [3.8, 4) is 0 Å². The van der Waals surface area contributed by atoms with Crippen LogP contribution < -0.4 is 21.7 Å². The number of benzene rings is 2. The summed E-state index contributed by atoms with van der Waals surface area (Å²) in [4.78, 5) is 50.7. The van der Waals surface area contributed by atoms with E-state index >= 15 is 0 Å². The number of nitrogens with zero attached hydrogens (tertiary/aromatic N) is 1. The van der Waals surface area contributed by atoms with Crippen molar-refractivity contribution in [2.75, 3.05) is 0 Å². The molecule has 0 fully saturated rings. The molecular formula is C21H20N3O5-. The molecule has 0 aliphatic rings. The van der Waals surface area contributed by atoms with Gasteiger partial charge < -0.3 is 20.2 Å². The highest BCUT2D eigenvalue weighted by molar-refractivity contribution is 5.82. The molecule has 3 rings (SSSR count). The number of aromatic nitrogens is 2. The summed E-state index contributed by atoms with van der Waals surface area (Å²) >= 11 is 0. The van der Waals surface area contributed by atoms with Crippen molar-refractivity contribution < 1.29 is 14.7 Å². The summed E-state index contributed by atoms with van der Waals surface area (Å²) in [5.74, 6) is -1.86. The molecule has 1 aromatic heterocycles. The number of rotatable bonds is 8. The number of para-hydroxylation sites is 1. The van der Waals surface area contributed by atoms with Gasteiger partial charge in [0.25, 0.3) is 5.56 Å². The molecule has 0 aliphatic carbocycles. The van der Waals surface area contributed by atoms with Crippen molar-refractivity contribution in [2.24, 2.45) is 0 Å². The Kier molecular flexibility index (Phi) is 6.23. The Bertz CT molecular complexity index is 1130. The van der Waals surface area contributed by atoms with E-state index in [4.69, 9.17) is 0 Å². The van der Waals surface area contributed by atoms with Crippen LogP contribution in [0.4, 0.5) is 0 Å². The second kappa shape index (κ2) is 9.01. The van der Waals surface area contributed by atoms with Crippen LogP contribution in [0.3, 0.4) is 0 Å². The first kappa shape index (κ1) is 20.1. The van der Waals surface area contributed by atoms with Gasteiger partial charge in [0.2, 0.25) is 5.91 Å². The smallest absolute Gasteiger partial charge is 0.328 e. The number of H-pyrrole nitrogens is 1. The second-order valence-corrected chi connectivity index (χ2v) is 6.66. The third kappa shape index (κ3) is 4.98. The maximum atomic E-state index is 12.5. The van der Waals surface area contributed by atoms with E-state index in [1.807, 2.05) is 6.07 Å². The summed E-state index contributed by atoms with van der Waals surface area (Å²) in [6.45, 7) is 0.0428. The molecule has 0 saturated heterocycles. The number of carbonyl (C=O) groups excluding carboxylic acids is 2. The molecule has 8 nitrogen and oxygen atoms in total. The van der Waals surface area contributed by atoms with Gasteiger partial charge in [0.15, 0.2) is 0 Å². The molecule has 1 amide bonds.